The van der Waals surface area contributed by atoms with Crippen LogP contribution in [-0.2, 0) is 9.53 Å². The molecule has 3 fully saturated rings. The lowest BCUT2D eigenvalue weighted by molar-refractivity contribution is -0.169. The minimum absolute atomic E-state index is 0.0838. The number of carbonyl (C=O) groups excluding carboxylic acids is 1. The van der Waals surface area contributed by atoms with Crippen LogP contribution in [0.15, 0.2) is 60.3 Å². The number of aliphatic hydroxyl groups excluding tert-OH is 1. The smallest absolute Gasteiger partial charge is 0.306 e. The zero-order valence-corrected chi connectivity index (χ0v) is 33.2. The van der Waals surface area contributed by atoms with Gasteiger partial charge in [-0.2, -0.15) is 0 Å². The largest absolute Gasteiger partial charge is 0.461 e. The Hall–Kier alpha value is -1.87. The van der Waals surface area contributed by atoms with Crippen LogP contribution in [0.2, 0.25) is 0 Å². The molecule has 0 amide bonds. The minimum atomic E-state index is -0.413. The third-order valence-electron chi connectivity index (χ3n) is 13.8. The van der Waals surface area contributed by atoms with Gasteiger partial charge in [0.05, 0.1) is 6.10 Å². The molecular formula is C47H76O3. The second-order valence-corrected chi connectivity index (χ2v) is 17.7. The molecule has 282 valence electrons. The van der Waals surface area contributed by atoms with Gasteiger partial charge in [0.2, 0.25) is 0 Å². The Morgan fingerprint density at radius 3 is 2.18 bits per heavy atom. The molecule has 4 rings (SSSR count). The molecule has 4 aliphatic carbocycles. The zero-order valence-electron chi connectivity index (χ0n) is 33.2. The molecule has 50 heavy (non-hydrogen) atoms. The summed E-state index contributed by atoms with van der Waals surface area (Å²) < 4.78 is 6.39. The van der Waals surface area contributed by atoms with Gasteiger partial charge in [0.25, 0.3) is 0 Å². The van der Waals surface area contributed by atoms with Crippen LogP contribution in [0.3, 0.4) is 0 Å². The quantitative estimate of drug-likeness (QED) is 0.0787. The van der Waals surface area contributed by atoms with Crippen molar-refractivity contribution >= 4 is 5.97 Å². The van der Waals surface area contributed by atoms with Crippen LogP contribution in [0.25, 0.3) is 0 Å². The number of allylic oxidation sites excluding steroid dienone is 9. The first-order chi connectivity index (χ1) is 24.1. The van der Waals surface area contributed by atoms with Crippen LogP contribution >= 0.6 is 0 Å². The fourth-order valence-corrected chi connectivity index (χ4v) is 11.0. The average molecular weight is 689 g/mol. The maximum Gasteiger partial charge on any atom is 0.306 e. The van der Waals surface area contributed by atoms with Crippen molar-refractivity contribution in [1.82, 2.24) is 0 Å². The van der Waals surface area contributed by atoms with Crippen molar-refractivity contribution in [2.75, 3.05) is 0 Å². The molecule has 1 unspecified atom stereocenters. The fourth-order valence-electron chi connectivity index (χ4n) is 11.0. The number of rotatable bonds is 20. The van der Waals surface area contributed by atoms with Gasteiger partial charge >= 0.3 is 5.97 Å². The Kier molecular flexibility index (Phi) is 16.7. The van der Waals surface area contributed by atoms with Crippen LogP contribution < -0.4 is 0 Å². The van der Waals surface area contributed by atoms with Gasteiger partial charge in [-0.25, -0.2) is 0 Å². The second-order valence-electron chi connectivity index (χ2n) is 17.7. The number of hydrogen-bond acceptors (Lipinski definition) is 3. The summed E-state index contributed by atoms with van der Waals surface area (Å²) in [6.07, 6.45) is 41.9. The van der Waals surface area contributed by atoms with Crippen molar-refractivity contribution in [2.45, 2.75) is 182 Å². The number of fused-ring (bicyclic) bond motifs is 5. The van der Waals surface area contributed by atoms with E-state index >= 15 is 0 Å². The van der Waals surface area contributed by atoms with Crippen molar-refractivity contribution in [2.24, 2.45) is 46.3 Å². The number of carbonyl (C=O) groups is 1. The van der Waals surface area contributed by atoms with E-state index in [-0.39, 0.29) is 17.5 Å². The summed E-state index contributed by atoms with van der Waals surface area (Å²) in [6, 6.07) is 0. The number of ether oxygens (including phenoxy) is 1. The van der Waals surface area contributed by atoms with Gasteiger partial charge < -0.3 is 9.84 Å². The van der Waals surface area contributed by atoms with Crippen molar-refractivity contribution in [3.8, 4) is 0 Å². The molecule has 3 nitrogen and oxygen atoms in total. The van der Waals surface area contributed by atoms with Crippen LogP contribution in [-0.4, -0.2) is 23.3 Å². The minimum Gasteiger partial charge on any atom is -0.461 e. The molecule has 0 aromatic carbocycles. The molecule has 1 N–H and O–H groups in total. The van der Waals surface area contributed by atoms with E-state index in [1.54, 1.807) is 0 Å². The van der Waals surface area contributed by atoms with Gasteiger partial charge in [0, 0.05) is 18.3 Å². The summed E-state index contributed by atoms with van der Waals surface area (Å²) in [7, 11) is 0. The first-order valence-corrected chi connectivity index (χ1v) is 21.3. The maximum atomic E-state index is 13.3. The molecule has 0 aliphatic heterocycles. The third kappa shape index (κ3) is 10.8. The van der Waals surface area contributed by atoms with E-state index in [1.165, 1.54) is 76.2 Å². The van der Waals surface area contributed by atoms with Gasteiger partial charge in [-0.3, -0.25) is 4.79 Å². The lowest BCUT2D eigenvalue weighted by atomic mass is 9.46. The Morgan fingerprint density at radius 1 is 0.860 bits per heavy atom. The molecule has 0 spiro atoms. The normalized spacial score (nSPS) is 33.3. The van der Waals surface area contributed by atoms with Crippen molar-refractivity contribution < 1.29 is 14.6 Å². The Labute approximate surface area is 308 Å². The Balaban J connectivity index is 1.22. The lowest BCUT2D eigenvalue weighted by Crippen LogP contribution is -2.56. The average Bonchev–Trinajstić information content (AvgIpc) is 3.44. The lowest BCUT2D eigenvalue weighted by Gasteiger charge is -2.60. The number of aliphatic hydroxyl groups is 1. The highest BCUT2D eigenvalue weighted by Crippen LogP contribution is 2.67. The van der Waals surface area contributed by atoms with Gasteiger partial charge in [0.15, 0.2) is 0 Å². The maximum absolute atomic E-state index is 13.3. The van der Waals surface area contributed by atoms with E-state index in [4.69, 9.17) is 4.74 Å². The van der Waals surface area contributed by atoms with Crippen molar-refractivity contribution in [1.29, 1.82) is 0 Å². The third-order valence-corrected chi connectivity index (χ3v) is 13.8. The first kappa shape index (κ1) is 40.9. The highest BCUT2D eigenvalue weighted by molar-refractivity contribution is 5.69. The molecule has 3 saturated carbocycles. The molecule has 4 aliphatic rings. The second kappa shape index (κ2) is 20.4. The van der Waals surface area contributed by atoms with Crippen molar-refractivity contribution in [3.05, 3.63) is 60.3 Å². The SMILES string of the molecule is CCCCC/C=C\C/C=C\C/C=C\C/C=C\CCCC(=O)OC1C[C@@H](O)CC2=CC[C@H]3[C@@H]4CC[C@H]([C@H](C)CCCC(C)C)[C@@]4(C)CC[C@@H]3[C@]21C. The highest BCUT2D eigenvalue weighted by Gasteiger charge is 2.61. The summed E-state index contributed by atoms with van der Waals surface area (Å²) in [6.45, 7) is 14.6. The molecule has 3 heteroatoms. The summed E-state index contributed by atoms with van der Waals surface area (Å²) >= 11 is 0. The predicted octanol–water partition coefficient (Wildman–Crippen LogP) is 13.1. The Morgan fingerprint density at radius 2 is 1.52 bits per heavy atom. The van der Waals surface area contributed by atoms with Crippen molar-refractivity contribution in [3.63, 3.8) is 0 Å². The van der Waals surface area contributed by atoms with Crippen LogP contribution in [0.5, 0.6) is 0 Å². The molecule has 0 radical (unpaired) electrons. The van der Waals surface area contributed by atoms with E-state index in [0.29, 0.717) is 30.1 Å². The van der Waals surface area contributed by atoms with E-state index in [2.05, 4.69) is 96.2 Å². The molecule has 0 heterocycles. The molecular weight excluding hydrogens is 613 g/mol. The number of hydrogen-bond donors (Lipinski definition) is 1. The zero-order chi connectivity index (χ0) is 36.0. The summed E-state index contributed by atoms with van der Waals surface area (Å²) in [5, 5.41) is 10.9. The van der Waals surface area contributed by atoms with Crippen LogP contribution in [0, 0.1) is 46.3 Å². The molecule has 0 aromatic heterocycles. The fraction of sp³-hybridized carbons (Fsp3) is 0.766. The first-order valence-electron chi connectivity index (χ1n) is 21.3. The van der Waals surface area contributed by atoms with E-state index < -0.39 is 6.10 Å². The molecule has 9 atom stereocenters. The van der Waals surface area contributed by atoms with Gasteiger partial charge in [-0.05, 0) is 124 Å². The van der Waals surface area contributed by atoms with E-state index in [0.717, 1.165) is 68.6 Å². The topological polar surface area (TPSA) is 46.5 Å². The van der Waals surface area contributed by atoms with E-state index in [9.17, 15) is 9.90 Å². The number of esters is 1. The molecule has 0 aromatic rings. The summed E-state index contributed by atoms with van der Waals surface area (Å²) in [5.41, 5.74) is 1.66. The van der Waals surface area contributed by atoms with E-state index in [1.807, 2.05) is 0 Å². The van der Waals surface area contributed by atoms with Gasteiger partial charge in [-0.15, -0.1) is 0 Å². The molecule has 0 bridgehead atoms. The number of unbranched alkanes of at least 4 members (excludes halogenated alkanes) is 4. The van der Waals surface area contributed by atoms with Crippen LogP contribution in [0.4, 0.5) is 0 Å². The highest BCUT2D eigenvalue weighted by atomic mass is 16.5. The monoisotopic (exact) mass is 689 g/mol. The summed E-state index contributed by atoms with van der Waals surface area (Å²) in [4.78, 5) is 13.3. The Bertz CT molecular complexity index is 1170. The molecule has 0 saturated heterocycles. The predicted molar refractivity (Wildman–Crippen MR) is 213 cm³/mol. The van der Waals surface area contributed by atoms with Gasteiger partial charge in [-0.1, -0.05) is 134 Å². The van der Waals surface area contributed by atoms with Gasteiger partial charge in [0.1, 0.15) is 6.10 Å². The summed E-state index contributed by atoms with van der Waals surface area (Å²) in [5.74, 6) is 4.34. The standard InChI is InChI=1S/C47H76O3/c1-7-8-9-10-11-12-13-14-15-16-17-18-19-20-21-22-23-27-45(49)50-44-35-39(48)34-38-28-29-40-42-31-30-41(37(4)26-24-25-36(2)3)46(42,5)33-32-43(40)47(38,44)6/h11-12,14-15,17-18,20-21,28,36-37,39-44,48H,7-10,13,16,19,22-27,29-35H2,1-6H3/b12-11-,15-14-,18-17-,21-20-/t37-,39+,40+,41-,42+,43+,44?,46-,47+/m1/s1. The van der Waals surface area contributed by atoms with Crippen LogP contribution in [0.1, 0.15) is 170 Å².